The van der Waals surface area contributed by atoms with Crippen molar-refractivity contribution in [1.29, 1.82) is 0 Å². The highest BCUT2D eigenvalue weighted by atomic mass is 32.2. The van der Waals surface area contributed by atoms with Crippen molar-refractivity contribution in [2.75, 3.05) is 11.5 Å². The first kappa shape index (κ1) is 11.1. The first-order valence-corrected chi connectivity index (χ1v) is 6.52. The normalized spacial score (nSPS) is 18.5. The Hall–Kier alpha value is 0.0400. The minimum Gasteiger partial charge on any atom is -0.300 e. The highest BCUT2D eigenvalue weighted by Crippen LogP contribution is 2.33. The smallest absolute Gasteiger partial charge is 0.142 e. The molecule has 0 aromatic heterocycles. The van der Waals surface area contributed by atoms with E-state index in [0.29, 0.717) is 11.0 Å². The summed E-state index contributed by atoms with van der Waals surface area (Å²) in [6.07, 6.45) is 1.93. The molecular formula is C9H14O2S2. The van der Waals surface area contributed by atoms with E-state index in [-0.39, 0.29) is 18.0 Å². The average Bonchev–Trinajstić information content (AvgIpc) is 2.04. The third kappa shape index (κ3) is 4.72. The summed E-state index contributed by atoms with van der Waals surface area (Å²) >= 11 is 3.70. The SMILES string of the molecule is CC(=O)CC(=O)CC1SCCCS1. The van der Waals surface area contributed by atoms with E-state index < -0.39 is 0 Å². The maximum Gasteiger partial charge on any atom is 0.142 e. The summed E-state index contributed by atoms with van der Waals surface area (Å²) < 4.78 is 0.403. The topological polar surface area (TPSA) is 34.1 Å². The van der Waals surface area contributed by atoms with Crippen molar-refractivity contribution in [2.24, 2.45) is 0 Å². The predicted molar refractivity (Wildman–Crippen MR) is 58.2 cm³/mol. The van der Waals surface area contributed by atoms with Gasteiger partial charge in [-0.3, -0.25) is 9.59 Å². The van der Waals surface area contributed by atoms with Crippen LogP contribution in [0.5, 0.6) is 0 Å². The van der Waals surface area contributed by atoms with Gasteiger partial charge >= 0.3 is 0 Å². The number of thioether (sulfide) groups is 2. The number of hydrogen-bond donors (Lipinski definition) is 0. The van der Waals surface area contributed by atoms with Crippen LogP contribution < -0.4 is 0 Å². The van der Waals surface area contributed by atoms with Crippen LogP contribution in [0.25, 0.3) is 0 Å². The molecule has 0 unspecified atom stereocenters. The van der Waals surface area contributed by atoms with Crippen LogP contribution in [0.2, 0.25) is 0 Å². The molecular weight excluding hydrogens is 204 g/mol. The second-order valence-electron chi connectivity index (χ2n) is 3.15. The van der Waals surface area contributed by atoms with Gasteiger partial charge in [-0.15, -0.1) is 23.5 Å². The quantitative estimate of drug-likeness (QED) is 0.677. The summed E-state index contributed by atoms with van der Waals surface area (Å²) in [4.78, 5) is 21.9. The molecule has 1 saturated heterocycles. The van der Waals surface area contributed by atoms with Gasteiger partial charge in [0.1, 0.15) is 11.6 Å². The van der Waals surface area contributed by atoms with Gasteiger partial charge in [0.25, 0.3) is 0 Å². The Morgan fingerprint density at radius 1 is 1.31 bits per heavy atom. The lowest BCUT2D eigenvalue weighted by molar-refractivity contribution is -0.125. The van der Waals surface area contributed by atoms with E-state index >= 15 is 0 Å². The van der Waals surface area contributed by atoms with Crippen LogP contribution in [0.3, 0.4) is 0 Å². The molecule has 0 spiro atoms. The van der Waals surface area contributed by atoms with E-state index in [0.717, 1.165) is 11.5 Å². The van der Waals surface area contributed by atoms with Crippen LogP contribution >= 0.6 is 23.5 Å². The van der Waals surface area contributed by atoms with Gasteiger partial charge in [0.05, 0.1) is 11.0 Å². The maximum absolute atomic E-state index is 11.3. The highest BCUT2D eigenvalue weighted by Gasteiger charge is 2.18. The molecule has 4 heteroatoms. The van der Waals surface area contributed by atoms with E-state index in [4.69, 9.17) is 0 Å². The number of carbonyl (C=O) groups excluding carboxylic acids is 2. The van der Waals surface area contributed by atoms with Crippen molar-refractivity contribution < 1.29 is 9.59 Å². The molecule has 1 rings (SSSR count). The molecule has 0 aromatic carbocycles. The van der Waals surface area contributed by atoms with Crippen LogP contribution in [0.4, 0.5) is 0 Å². The Morgan fingerprint density at radius 2 is 1.92 bits per heavy atom. The Morgan fingerprint density at radius 3 is 2.46 bits per heavy atom. The van der Waals surface area contributed by atoms with E-state index in [1.54, 1.807) is 0 Å². The molecule has 1 heterocycles. The molecule has 0 bridgehead atoms. The minimum atomic E-state index is -0.0178. The van der Waals surface area contributed by atoms with Gasteiger partial charge in [-0.1, -0.05) is 0 Å². The van der Waals surface area contributed by atoms with Crippen molar-refractivity contribution in [3.05, 3.63) is 0 Å². The number of Topliss-reactive ketones (excluding diaryl/α,β-unsaturated/α-hetero) is 2. The van der Waals surface area contributed by atoms with Gasteiger partial charge in [0.2, 0.25) is 0 Å². The zero-order chi connectivity index (χ0) is 9.68. The molecule has 0 radical (unpaired) electrons. The van der Waals surface area contributed by atoms with Gasteiger partial charge in [0, 0.05) is 6.42 Å². The van der Waals surface area contributed by atoms with Gasteiger partial charge in [-0.05, 0) is 24.9 Å². The number of carbonyl (C=O) groups is 2. The van der Waals surface area contributed by atoms with Crippen molar-refractivity contribution >= 4 is 35.1 Å². The van der Waals surface area contributed by atoms with Crippen LogP contribution in [-0.2, 0) is 9.59 Å². The number of hydrogen-bond acceptors (Lipinski definition) is 4. The number of ketones is 2. The Kier molecular flexibility index (Phi) is 4.88. The summed E-state index contributed by atoms with van der Waals surface area (Å²) in [6, 6.07) is 0. The first-order valence-electron chi connectivity index (χ1n) is 4.43. The van der Waals surface area contributed by atoms with Crippen LogP contribution in [0, 0.1) is 0 Å². The van der Waals surface area contributed by atoms with Crippen LogP contribution in [0.15, 0.2) is 0 Å². The lowest BCUT2D eigenvalue weighted by Gasteiger charge is -2.19. The van der Waals surface area contributed by atoms with Crippen molar-refractivity contribution in [3.8, 4) is 0 Å². The van der Waals surface area contributed by atoms with Crippen molar-refractivity contribution in [2.45, 2.75) is 30.8 Å². The summed E-state index contributed by atoms with van der Waals surface area (Å²) in [6.45, 7) is 1.47. The van der Waals surface area contributed by atoms with E-state index in [1.807, 2.05) is 23.5 Å². The Bertz CT molecular complexity index is 198. The lowest BCUT2D eigenvalue weighted by atomic mass is 10.2. The maximum atomic E-state index is 11.3. The average molecular weight is 218 g/mol. The van der Waals surface area contributed by atoms with Crippen molar-refractivity contribution in [3.63, 3.8) is 0 Å². The summed E-state index contributed by atoms with van der Waals surface area (Å²) in [7, 11) is 0. The van der Waals surface area contributed by atoms with Gasteiger partial charge in [-0.2, -0.15) is 0 Å². The third-order valence-electron chi connectivity index (χ3n) is 1.74. The van der Waals surface area contributed by atoms with Gasteiger partial charge in [0.15, 0.2) is 0 Å². The molecule has 1 fully saturated rings. The first-order chi connectivity index (χ1) is 6.18. The molecule has 2 nitrogen and oxygen atoms in total. The molecule has 0 aliphatic carbocycles. The van der Waals surface area contributed by atoms with Crippen LogP contribution in [0.1, 0.15) is 26.2 Å². The third-order valence-corrected chi connectivity index (χ3v) is 4.68. The fourth-order valence-corrected chi connectivity index (χ4v) is 4.09. The molecule has 0 amide bonds. The molecule has 13 heavy (non-hydrogen) atoms. The molecule has 0 N–H and O–H groups in total. The number of rotatable bonds is 4. The second kappa shape index (κ2) is 5.70. The largest absolute Gasteiger partial charge is 0.300 e. The fourth-order valence-electron chi connectivity index (χ4n) is 1.19. The summed E-state index contributed by atoms with van der Waals surface area (Å²) in [5.41, 5.74) is 0. The second-order valence-corrected chi connectivity index (χ2v) is 6.07. The lowest BCUT2D eigenvalue weighted by Crippen LogP contribution is -2.14. The van der Waals surface area contributed by atoms with Gasteiger partial charge < -0.3 is 0 Å². The Labute approximate surface area is 87.2 Å². The fraction of sp³-hybridized carbons (Fsp3) is 0.778. The Balaban J connectivity index is 2.22. The molecule has 74 valence electrons. The van der Waals surface area contributed by atoms with Crippen LogP contribution in [-0.4, -0.2) is 27.7 Å². The standard InChI is InChI=1S/C9H14O2S2/c1-7(10)5-8(11)6-9-12-3-2-4-13-9/h9H,2-6H2,1H3. The predicted octanol–water partition coefficient (Wildman–Crippen LogP) is 2.12. The van der Waals surface area contributed by atoms with E-state index in [1.165, 1.54) is 13.3 Å². The zero-order valence-corrected chi connectivity index (χ0v) is 9.38. The molecule has 1 aliphatic rings. The molecule has 0 aromatic rings. The molecule has 0 atom stereocenters. The molecule has 0 saturated carbocycles. The van der Waals surface area contributed by atoms with E-state index in [9.17, 15) is 9.59 Å². The summed E-state index contributed by atoms with van der Waals surface area (Å²) in [5.74, 6) is 2.39. The molecule has 1 aliphatic heterocycles. The minimum absolute atomic E-state index is 0.0178. The van der Waals surface area contributed by atoms with Gasteiger partial charge in [-0.25, -0.2) is 0 Å². The summed E-state index contributed by atoms with van der Waals surface area (Å²) in [5, 5.41) is 0. The van der Waals surface area contributed by atoms with Crippen molar-refractivity contribution in [1.82, 2.24) is 0 Å². The highest BCUT2D eigenvalue weighted by molar-refractivity contribution is 8.17. The van der Waals surface area contributed by atoms with E-state index in [2.05, 4.69) is 0 Å². The zero-order valence-electron chi connectivity index (χ0n) is 7.75. The monoisotopic (exact) mass is 218 g/mol.